The largest absolute Gasteiger partial charge is 0.337 e. The Bertz CT molecular complexity index is 341. The fourth-order valence-corrected chi connectivity index (χ4v) is 1.22. The molecule has 90 valence electrons. The number of hydrogen-bond acceptors (Lipinski definition) is 4. The number of carbonyl (C=O) groups excluding carboxylic acids is 1. The molecule has 0 aliphatic heterocycles. The molecule has 0 saturated heterocycles. The fraction of sp³-hybridized carbons (Fsp3) is 0.700. The van der Waals surface area contributed by atoms with E-state index in [0.717, 1.165) is 0 Å². The molecule has 3 N–H and O–H groups in total. The molecule has 1 atom stereocenters. The van der Waals surface area contributed by atoms with E-state index in [1.165, 1.54) is 6.33 Å². The summed E-state index contributed by atoms with van der Waals surface area (Å²) in [6.45, 7) is 6.22. The molecule has 0 radical (unpaired) electrons. The summed E-state index contributed by atoms with van der Waals surface area (Å²) >= 11 is 0. The third-order valence-electron chi connectivity index (χ3n) is 2.43. The second-order valence-electron chi connectivity index (χ2n) is 4.97. The van der Waals surface area contributed by atoms with E-state index in [0.29, 0.717) is 12.4 Å². The van der Waals surface area contributed by atoms with Crippen LogP contribution in [-0.2, 0) is 11.3 Å². The number of H-pyrrole nitrogens is 1. The van der Waals surface area contributed by atoms with Crippen molar-refractivity contribution < 1.29 is 4.79 Å². The molecule has 0 aliphatic rings. The van der Waals surface area contributed by atoms with E-state index in [9.17, 15) is 4.79 Å². The number of nitrogens with two attached hydrogens (primary N) is 1. The van der Waals surface area contributed by atoms with Gasteiger partial charge in [-0.2, -0.15) is 5.10 Å². The Labute approximate surface area is 95.2 Å². The lowest BCUT2D eigenvalue weighted by molar-refractivity contribution is -0.134. The highest BCUT2D eigenvalue weighted by Crippen LogP contribution is 2.18. The molecule has 0 spiro atoms. The normalized spacial score (nSPS) is 13.6. The third kappa shape index (κ3) is 3.03. The van der Waals surface area contributed by atoms with E-state index in [1.54, 1.807) is 11.9 Å². The lowest BCUT2D eigenvalue weighted by Gasteiger charge is -2.29. The molecular formula is C10H19N5O. The van der Waals surface area contributed by atoms with Crippen LogP contribution in [0.25, 0.3) is 0 Å². The molecule has 16 heavy (non-hydrogen) atoms. The van der Waals surface area contributed by atoms with Crippen LogP contribution in [0.15, 0.2) is 6.33 Å². The van der Waals surface area contributed by atoms with Gasteiger partial charge in [-0.1, -0.05) is 20.8 Å². The molecule has 0 saturated carbocycles. The molecule has 0 fully saturated rings. The van der Waals surface area contributed by atoms with Crippen LogP contribution >= 0.6 is 0 Å². The Balaban J connectivity index is 2.61. The monoisotopic (exact) mass is 225 g/mol. The molecular weight excluding hydrogens is 206 g/mol. The summed E-state index contributed by atoms with van der Waals surface area (Å²) in [4.78, 5) is 17.5. The third-order valence-corrected chi connectivity index (χ3v) is 2.43. The quantitative estimate of drug-likeness (QED) is 0.765. The Morgan fingerprint density at radius 1 is 1.62 bits per heavy atom. The summed E-state index contributed by atoms with van der Waals surface area (Å²) in [5.74, 6) is 0.556. The van der Waals surface area contributed by atoms with Crippen molar-refractivity contribution in [2.24, 2.45) is 11.1 Å². The smallest absolute Gasteiger partial charge is 0.240 e. The number of rotatable bonds is 3. The summed E-state index contributed by atoms with van der Waals surface area (Å²) in [6.07, 6.45) is 1.41. The highest BCUT2D eigenvalue weighted by molar-refractivity contribution is 5.82. The lowest BCUT2D eigenvalue weighted by atomic mass is 9.86. The predicted molar refractivity (Wildman–Crippen MR) is 60.3 cm³/mol. The van der Waals surface area contributed by atoms with Gasteiger partial charge in [0.2, 0.25) is 5.91 Å². The topological polar surface area (TPSA) is 87.9 Å². The van der Waals surface area contributed by atoms with Crippen molar-refractivity contribution in [3.05, 3.63) is 12.2 Å². The summed E-state index contributed by atoms with van der Waals surface area (Å²) < 4.78 is 0. The zero-order valence-corrected chi connectivity index (χ0v) is 10.2. The minimum atomic E-state index is -0.513. The number of aromatic nitrogens is 3. The number of nitrogens with zero attached hydrogens (tertiary/aromatic N) is 3. The first-order valence-corrected chi connectivity index (χ1v) is 5.17. The van der Waals surface area contributed by atoms with E-state index >= 15 is 0 Å². The van der Waals surface area contributed by atoms with Crippen molar-refractivity contribution in [1.82, 2.24) is 20.1 Å². The van der Waals surface area contributed by atoms with E-state index in [1.807, 2.05) is 20.8 Å². The summed E-state index contributed by atoms with van der Waals surface area (Å²) in [5.41, 5.74) is 5.64. The maximum atomic E-state index is 12.0. The zero-order valence-electron chi connectivity index (χ0n) is 10.2. The van der Waals surface area contributed by atoms with Gasteiger partial charge in [-0.3, -0.25) is 9.89 Å². The predicted octanol–water partition coefficient (Wildman–Crippen LogP) is 0.136. The SMILES string of the molecule is CN(Cc1ncn[nH]1)C(=O)C(N)C(C)(C)C. The second-order valence-corrected chi connectivity index (χ2v) is 4.97. The van der Waals surface area contributed by atoms with Crippen LogP contribution in [0.2, 0.25) is 0 Å². The first-order chi connectivity index (χ1) is 7.32. The van der Waals surface area contributed by atoms with Crippen molar-refractivity contribution in [2.75, 3.05) is 7.05 Å². The van der Waals surface area contributed by atoms with Crippen LogP contribution in [0.3, 0.4) is 0 Å². The van der Waals surface area contributed by atoms with Crippen molar-refractivity contribution >= 4 is 5.91 Å². The van der Waals surface area contributed by atoms with E-state index in [4.69, 9.17) is 5.73 Å². The van der Waals surface area contributed by atoms with E-state index < -0.39 is 6.04 Å². The molecule has 1 rings (SSSR count). The summed E-state index contributed by atoms with van der Waals surface area (Å²) in [6, 6.07) is -0.513. The number of hydrogen-bond donors (Lipinski definition) is 2. The van der Waals surface area contributed by atoms with Crippen molar-refractivity contribution in [3.8, 4) is 0 Å². The van der Waals surface area contributed by atoms with Gasteiger partial charge in [0.25, 0.3) is 0 Å². The minimum absolute atomic E-state index is 0.0936. The molecule has 1 unspecified atom stereocenters. The zero-order chi connectivity index (χ0) is 12.3. The molecule has 1 aromatic rings. The first kappa shape index (κ1) is 12.6. The number of amides is 1. The average Bonchev–Trinajstić information content (AvgIpc) is 2.66. The number of nitrogens with one attached hydrogen (secondary N) is 1. The van der Waals surface area contributed by atoms with Crippen LogP contribution in [0, 0.1) is 5.41 Å². The second kappa shape index (κ2) is 4.61. The number of aromatic amines is 1. The lowest BCUT2D eigenvalue weighted by Crippen LogP contribution is -2.49. The molecule has 1 amide bonds. The van der Waals surface area contributed by atoms with E-state index in [-0.39, 0.29) is 11.3 Å². The molecule has 0 aliphatic carbocycles. The summed E-state index contributed by atoms with van der Waals surface area (Å²) in [5, 5.41) is 6.43. The molecule has 0 aromatic carbocycles. The van der Waals surface area contributed by atoms with E-state index in [2.05, 4.69) is 15.2 Å². The number of likely N-dealkylation sites (N-methyl/N-ethyl adjacent to an activating group) is 1. The van der Waals surface area contributed by atoms with Gasteiger partial charge in [-0.25, -0.2) is 4.98 Å². The maximum absolute atomic E-state index is 12.0. The minimum Gasteiger partial charge on any atom is -0.337 e. The molecule has 6 heteroatoms. The van der Waals surface area contributed by atoms with Gasteiger partial charge in [0.1, 0.15) is 12.2 Å². The molecule has 0 bridgehead atoms. The van der Waals surface area contributed by atoms with Gasteiger partial charge >= 0.3 is 0 Å². The molecule has 6 nitrogen and oxygen atoms in total. The molecule has 1 aromatic heterocycles. The Morgan fingerprint density at radius 3 is 2.69 bits per heavy atom. The van der Waals surface area contributed by atoms with Crippen molar-refractivity contribution in [1.29, 1.82) is 0 Å². The van der Waals surface area contributed by atoms with Crippen LogP contribution in [0.1, 0.15) is 26.6 Å². The Kier molecular flexibility index (Phi) is 3.64. The number of carbonyl (C=O) groups is 1. The van der Waals surface area contributed by atoms with Crippen molar-refractivity contribution in [3.63, 3.8) is 0 Å². The van der Waals surface area contributed by atoms with Crippen LogP contribution in [0.5, 0.6) is 0 Å². The maximum Gasteiger partial charge on any atom is 0.240 e. The Morgan fingerprint density at radius 2 is 2.25 bits per heavy atom. The van der Waals surface area contributed by atoms with Gasteiger partial charge in [0, 0.05) is 7.05 Å². The summed E-state index contributed by atoms with van der Waals surface area (Å²) in [7, 11) is 1.70. The van der Waals surface area contributed by atoms with Crippen LogP contribution in [0.4, 0.5) is 0 Å². The van der Waals surface area contributed by atoms with Gasteiger partial charge in [0.05, 0.1) is 12.6 Å². The fourth-order valence-electron chi connectivity index (χ4n) is 1.22. The van der Waals surface area contributed by atoms with Gasteiger partial charge < -0.3 is 10.6 Å². The van der Waals surface area contributed by atoms with Gasteiger partial charge in [-0.15, -0.1) is 0 Å². The molecule has 1 heterocycles. The standard InChI is InChI=1S/C10H19N5O/c1-10(2,3)8(11)9(16)15(4)5-7-12-6-13-14-7/h6,8H,5,11H2,1-4H3,(H,12,13,14). The highest BCUT2D eigenvalue weighted by Gasteiger charge is 2.29. The van der Waals surface area contributed by atoms with Gasteiger partial charge in [0.15, 0.2) is 0 Å². The van der Waals surface area contributed by atoms with Gasteiger partial charge in [-0.05, 0) is 5.41 Å². The first-order valence-electron chi connectivity index (χ1n) is 5.17. The van der Waals surface area contributed by atoms with Crippen LogP contribution in [-0.4, -0.2) is 39.1 Å². The van der Waals surface area contributed by atoms with Crippen LogP contribution < -0.4 is 5.73 Å². The average molecular weight is 225 g/mol. The van der Waals surface area contributed by atoms with Crippen molar-refractivity contribution in [2.45, 2.75) is 33.4 Å². The highest BCUT2D eigenvalue weighted by atomic mass is 16.2. The Hall–Kier alpha value is -1.43.